The van der Waals surface area contributed by atoms with Crippen LogP contribution in [0.25, 0.3) is 5.57 Å². The van der Waals surface area contributed by atoms with Crippen molar-refractivity contribution in [3.63, 3.8) is 0 Å². The molecule has 0 aliphatic heterocycles. The summed E-state index contributed by atoms with van der Waals surface area (Å²) in [6.07, 6.45) is 10.0. The van der Waals surface area contributed by atoms with Gasteiger partial charge in [-0.05, 0) is 35.6 Å². The fourth-order valence-electron chi connectivity index (χ4n) is 2.62. The average Bonchev–Trinajstić information content (AvgIpc) is 2.30. The maximum atomic E-state index is 2.31. The molecule has 2 aliphatic rings. The Balaban J connectivity index is 2.21. The van der Waals surface area contributed by atoms with Gasteiger partial charge in [-0.15, -0.1) is 0 Å². The molecule has 0 saturated heterocycles. The van der Waals surface area contributed by atoms with Crippen LogP contribution in [-0.4, -0.2) is 0 Å². The monoisotopic (exact) mass is 194 g/mol. The van der Waals surface area contributed by atoms with E-state index in [9.17, 15) is 0 Å². The van der Waals surface area contributed by atoms with Gasteiger partial charge in [-0.2, -0.15) is 0 Å². The van der Waals surface area contributed by atoms with E-state index in [4.69, 9.17) is 0 Å². The standard InChI is InChI=1S/C15H14/c1-11-14-8-4-2-6-12(14)10-13-7-3-5-9-15(11)13/h2-9,12H,10H2,1H3. The van der Waals surface area contributed by atoms with Gasteiger partial charge in [0.05, 0.1) is 0 Å². The smallest absolute Gasteiger partial charge is 0.00645 e. The normalized spacial score (nSPS) is 22.6. The van der Waals surface area contributed by atoms with Crippen LogP contribution in [0.2, 0.25) is 0 Å². The van der Waals surface area contributed by atoms with E-state index in [-0.39, 0.29) is 0 Å². The topological polar surface area (TPSA) is 0 Å². The average molecular weight is 194 g/mol. The molecule has 1 aromatic carbocycles. The first-order valence-corrected chi connectivity index (χ1v) is 5.50. The van der Waals surface area contributed by atoms with Gasteiger partial charge in [-0.3, -0.25) is 0 Å². The number of hydrogen-bond acceptors (Lipinski definition) is 0. The van der Waals surface area contributed by atoms with E-state index in [0.717, 1.165) is 6.42 Å². The number of fused-ring (bicyclic) bond motifs is 2. The lowest BCUT2D eigenvalue weighted by Crippen LogP contribution is -2.13. The van der Waals surface area contributed by atoms with E-state index in [1.165, 1.54) is 22.3 Å². The second-order valence-electron chi connectivity index (χ2n) is 4.29. The second-order valence-corrected chi connectivity index (χ2v) is 4.29. The molecule has 2 aliphatic carbocycles. The van der Waals surface area contributed by atoms with Gasteiger partial charge in [0.2, 0.25) is 0 Å². The Hall–Kier alpha value is -1.56. The van der Waals surface area contributed by atoms with Crippen LogP contribution in [0.3, 0.4) is 0 Å². The zero-order chi connectivity index (χ0) is 10.3. The molecule has 0 bridgehead atoms. The zero-order valence-electron chi connectivity index (χ0n) is 8.90. The van der Waals surface area contributed by atoms with Crippen LogP contribution in [0.4, 0.5) is 0 Å². The minimum Gasteiger partial charge on any atom is -0.0767 e. The van der Waals surface area contributed by atoms with Crippen molar-refractivity contribution in [1.82, 2.24) is 0 Å². The summed E-state index contributed by atoms with van der Waals surface area (Å²) in [7, 11) is 0. The van der Waals surface area contributed by atoms with Gasteiger partial charge < -0.3 is 0 Å². The summed E-state index contributed by atoms with van der Waals surface area (Å²) < 4.78 is 0. The Morgan fingerprint density at radius 3 is 2.93 bits per heavy atom. The molecule has 0 heteroatoms. The van der Waals surface area contributed by atoms with E-state index in [1.54, 1.807) is 0 Å². The Morgan fingerprint density at radius 2 is 2.00 bits per heavy atom. The van der Waals surface area contributed by atoms with Crippen molar-refractivity contribution in [2.75, 3.05) is 0 Å². The van der Waals surface area contributed by atoms with Gasteiger partial charge in [0.25, 0.3) is 0 Å². The van der Waals surface area contributed by atoms with Crippen molar-refractivity contribution >= 4 is 5.57 Å². The molecule has 1 atom stereocenters. The third-order valence-corrected chi connectivity index (χ3v) is 3.42. The third kappa shape index (κ3) is 1.29. The fourth-order valence-corrected chi connectivity index (χ4v) is 2.62. The van der Waals surface area contributed by atoms with Crippen molar-refractivity contribution in [3.8, 4) is 0 Å². The van der Waals surface area contributed by atoms with Crippen LogP contribution < -0.4 is 0 Å². The Kier molecular flexibility index (Phi) is 1.88. The van der Waals surface area contributed by atoms with Gasteiger partial charge in [0.1, 0.15) is 0 Å². The lowest BCUT2D eigenvalue weighted by atomic mass is 9.77. The molecular formula is C15H14. The Morgan fingerprint density at radius 1 is 1.13 bits per heavy atom. The summed E-state index contributed by atoms with van der Waals surface area (Å²) >= 11 is 0. The Labute approximate surface area is 90.6 Å². The molecule has 3 rings (SSSR count). The lowest BCUT2D eigenvalue weighted by Gasteiger charge is -2.27. The molecule has 0 amide bonds. The fraction of sp³-hybridized carbons (Fsp3) is 0.200. The first kappa shape index (κ1) is 8.72. The highest BCUT2D eigenvalue weighted by Gasteiger charge is 2.22. The summed E-state index contributed by atoms with van der Waals surface area (Å²) in [5, 5.41) is 0. The number of benzene rings is 1. The van der Waals surface area contributed by atoms with Crippen LogP contribution in [0.1, 0.15) is 18.1 Å². The van der Waals surface area contributed by atoms with Crippen molar-refractivity contribution < 1.29 is 0 Å². The predicted octanol–water partition coefficient (Wildman–Crippen LogP) is 3.76. The molecule has 0 fully saturated rings. The summed E-state index contributed by atoms with van der Waals surface area (Å²) in [5.74, 6) is 0.602. The molecule has 0 saturated carbocycles. The Bertz CT molecular complexity index is 487. The number of allylic oxidation sites excluding steroid dienone is 6. The minimum absolute atomic E-state index is 0.602. The van der Waals surface area contributed by atoms with Crippen LogP contribution in [0.15, 0.2) is 54.1 Å². The maximum absolute atomic E-state index is 2.31. The molecule has 15 heavy (non-hydrogen) atoms. The van der Waals surface area contributed by atoms with Gasteiger partial charge in [-0.1, -0.05) is 48.6 Å². The van der Waals surface area contributed by atoms with Gasteiger partial charge in [-0.25, -0.2) is 0 Å². The number of rotatable bonds is 0. The second kappa shape index (κ2) is 3.23. The largest absolute Gasteiger partial charge is 0.0767 e. The van der Waals surface area contributed by atoms with Crippen LogP contribution in [0.5, 0.6) is 0 Å². The van der Waals surface area contributed by atoms with E-state index >= 15 is 0 Å². The van der Waals surface area contributed by atoms with Gasteiger partial charge >= 0.3 is 0 Å². The SMILES string of the molecule is CC1=C2C=CC=CC2Cc2ccccc21. The summed E-state index contributed by atoms with van der Waals surface area (Å²) in [4.78, 5) is 0. The molecule has 74 valence electrons. The van der Waals surface area contributed by atoms with E-state index in [2.05, 4.69) is 55.5 Å². The van der Waals surface area contributed by atoms with Crippen LogP contribution in [-0.2, 0) is 6.42 Å². The molecule has 0 aromatic heterocycles. The van der Waals surface area contributed by atoms with Crippen molar-refractivity contribution in [2.45, 2.75) is 13.3 Å². The molecule has 1 unspecified atom stereocenters. The molecule has 1 aromatic rings. The minimum atomic E-state index is 0.602. The quantitative estimate of drug-likeness (QED) is 0.590. The van der Waals surface area contributed by atoms with Gasteiger partial charge in [0.15, 0.2) is 0 Å². The van der Waals surface area contributed by atoms with Crippen LogP contribution in [0, 0.1) is 5.92 Å². The lowest BCUT2D eigenvalue weighted by molar-refractivity contribution is 0.752. The van der Waals surface area contributed by atoms with E-state index in [1.807, 2.05) is 0 Å². The zero-order valence-corrected chi connectivity index (χ0v) is 8.90. The van der Waals surface area contributed by atoms with Gasteiger partial charge in [0, 0.05) is 5.92 Å². The molecule has 0 radical (unpaired) electrons. The van der Waals surface area contributed by atoms with Crippen molar-refractivity contribution in [3.05, 3.63) is 65.3 Å². The summed E-state index contributed by atoms with van der Waals surface area (Å²) in [5.41, 5.74) is 5.87. The molecular weight excluding hydrogens is 180 g/mol. The first-order valence-electron chi connectivity index (χ1n) is 5.50. The molecule has 0 N–H and O–H groups in total. The van der Waals surface area contributed by atoms with Crippen molar-refractivity contribution in [2.24, 2.45) is 5.92 Å². The van der Waals surface area contributed by atoms with Crippen LogP contribution >= 0.6 is 0 Å². The number of hydrogen-bond donors (Lipinski definition) is 0. The first-order chi connectivity index (χ1) is 7.36. The molecule has 0 nitrogen and oxygen atoms in total. The highest BCUT2D eigenvalue weighted by Crippen LogP contribution is 2.37. The van der Waals surface area contributed by atoms with Crippen molar-refractivity contribution in [1.29, 1.82) is 0 Å². The van der Waals surface area contributed by atoms with E-state index < -0.39 is 0 Å². The predicted molar refractivity (Wildman–Crippen MR) is 64.5 cm³/mol. The molecule has 0 spiro atoms. The maximum Gasteiger partial charge on any atom is 0.00645 e. The summed E-state index contributed by atoms with van der Waals surface area (Å²) in [6.45, 7) is 2.24. The third-order valence-electron chi connectivity index (χ3n) is 3.42. The molecule has 0 heterocycles. The highest BCUT2D eigenvalue weighted by molar-refractivity contribution is 5.75. The summed E-state index contributed by atoms with van der Waals surface area (Å²) in [6, 6.07) is 8.76. The highest BCUT2D eigenvalue weighted by atomic mass is 14.3. The van der Waals surface area contributed by atoms with E-state index in [0.29, 0.717) is 5.92 Å².